The van der Waals surface area contributed by atoms with Gasteiger partial charge in [-0.15, -0.1) is 0 Å². The predicted molar refractivity (Wildman–Crippen MR) is 80.7 cm³/mol. The van der Waals surface area contributed by atoms with E-state index in [2.05, 4.69) is 4.98 Å². The molecule has 0 bridgehead atoms. The fourth-order valence-corrected chi connectivity index (χ4v) is 3.70. The summed E-state index contributed by atoms with van der Waals surface area (Å²) in [6.07, 6.45) is 2.10. The van der Waals surface area contributed by atoms with Crippen LogP contribution in [0.1, 0.15) is 29.6 Å². The van der Waals surface area contributed by atoms with E-state index in [-0.39, 0.29) is 37.9 Å². The SMILES string of the molecule is O=C(c1ccnc(O[C@H]2CCSC2)c1)N1CCC(F)(F)CC1. The Morgan fingerprint density at radius 2 is 2.18 bits per heavy atom. The number of piperidine rings is 1. The van der Waals surface area contributed by atoms with Gasteiger partial charge in [0.15, 0.2) is 0 Å². The first-order chi connectivity index (χ1) is 10.5. The number of carbonyl (C=O) groups is 1. The molecule has 1 atom stereocenters. The summed E-state index contributed by atoms with van der Waals surface area (Å²) in [5.41, 5.74) is 0.445. The third-order valence-corrected chi connectivity index (χ3v) is 5.07. The van der Waals surface area contributed by atoms with Gasteiger partial charge in [0, 0.05) is 49.5 Å². The van der Waals surface area contributed by atoms with Gasteiger partial charge in [-0.25, -0.2) is 13.8 Å². The molecule has 0 aromatic carbocycles. The van der Waals surface area contributed by atoms with Crippen LogP contribution in [-0.2, 0) is 0 Å². The number of pyridine rings is 1. The molecule has 0 unspecified atom stereocenters. The Balaban J connectivity index is 1.65. The number of rotatable bonds is 3. The average molecular weight is 328 g/mol. The Kier molecular flexibility index (Phi) is 4.52. The Morgan fingerprint density at radius 3 is 2.86 bits per heavy atom. The van der Waals surface area contributed by atoms with Crippen molar-refractivity contribution in [1.29, 1.82) is 0 Å². The lowest BCUT2D eigenvalue weighted by Gasteiger charge is -2.31. The highest BCUT2D eigenvalue weighted by Gasteiger charge is 2.35. The van der Waals surface area contributed by atoms with Gasteiger partial charge in [-0.05, 0) is 18.2 Å². The van der Waals surface area contributed by atoms with Crippen molar-refractivity contribution in [2.75, 3.05) is 24.6 Å². The molecule has 0 spiro atoms. The topological polar surface area (TPSA) is 42.4 Å². The third-order valence-electron chi connectivity index (χ3n) is 3.94. The van der Waals surface area contributed by atoms with Gasteiger partial charge in [0.05, 0.1) is 0 Å². The van der Waals surface area contributed by atoms with E-state index < -0.39 is 5.92 Å². The molecule has 1 aromatic heterocycles. The lowest BCUT2D eigenvalue weighted by Crippen LogP contribution is -2.42. The highest BCUT2D eigenvalue weighted by molar-refractivity contribution is 7.99. The van der Waals surface area contributed by atoms with Crippen LogP contribution in [0, 0.1) is 0 Å². The van der Waals surface area contributed by atoms with Gasteiger partial charge < -0.3 is 9.64 Å². The largest absolute Gasteiger partial charge is 0.473 e. The first kappa shape index (κ1) is 15.5. The molecule has 3 rings (SSSR count). The van der Waals surface area contributed by atoms with Crippen LogP contribution in [0.4, 0.5) is 8.78 Å². The molecule has 2 aliphatic heterocycles. The van der Waals surface area contributed by atoms with Crippen LogP contribution in [0.2, 0.25) is 0 Å². The minimum Gasteiger partial charge on any atom is -0.473 e. The second kappa shape index (κ2) is 6.40. The van der Waals surface area contributed by atoms with Crippen LogP contribution >= 0.6 is 11.8 Å². The molecule has 0 radical (unpaired) electrons. The maximum absolute atomic E-state index is 13.2. The van der Waals surface area contributed by atoms with Crippen LogP contribution in [0.15, 0.2) is 18.3 Å². The Morgan fingerprint density at radius 1 is 1.41 bits per heavy atom. The van der Waals surface area contributed by atoms with E-state index in [1.54, 1.807) is 12.1 Å². The lowest BCUT2D eigenvalue weighted by atomic mass is 10.1. The number of hydrogen-bond acceptors (Lipinski definition) is 4. The number of halogens is 2. The van der Waals surface area contributed by atoms with Gasteiger partial charge >= 0.3 is 0 Å². The zero-order valence-electron chi connectivity index (χ0n) is 12.1. The van der Waals surface area contributed by atoms with E-state index in [4.69, 9.17) is 4.74 Å². The van der Waals surface area contributed by atoms with Gasteiger partial charge in [-0.1, -0.05) is 0 Å². The minimum absolute atomic E-state index is 0.0869. The lowest BCUT2D eigenvalue weighted by molar-refractivity contribution is -0.0494. The fourth-order valence-electron chi connectivity index (χ4n) is 2.60. The number of carbonyl (C=O) groups excluding carboxylic acids is 1. The Hall–Kier alpha value is -1.37. The van der Waals surface area contributed by atoms with Crippen LogP contribution < -0.4 is 4.74 Å². The molecule has 1 aromatic rings. The quantitative estimate of drug-likeness (QED) is 0.856. The molecular formula is C15H18F2N2O2S. The van der Waals surface area contributed by atoms with Crippen molar-refractivity contribution in [3.8, 4) is 5.88 Å². The summed E-state index contributed by atoms with van der Waals surface area (Å²) in [4.78, 5) is 18.0. The molecule has 120 valence electrons. The predicted octanol–water partition coefficient (Wildman–Crippen LogP) is 2.84. The minimum atomic E-state index is -2.65. The van der Waals surface area contributed by atoms with E-state index in [0.717, 1.165) is 17.9 Å². The third kappa shape index (κ3) is 3.69. The maximum atomic E-state index is 13.2. The maximum Gasteiger partial charge on any atom is 0.254 e. The van der Waals surface area contributed by atoms with Gasteiger partial charge in [-0.2, -0.15) is 11.8 Å². The second-order valence-electron chi connectivity index (χ2n) is 5.63. The number of thioether (sulfide) groups is 1. The van der Waals surface area contributed by atoms with Gasteiger partial charge in [0.25, 0.3) is 11.8 Å². The molecule has 2 aliphatic rings. The fraction of sp³-hybridized carbons (Fsp3) is 0.600. The summed E-state index contributed by atoms with van der Waals surface area (Å²) in [7, 11) is 0. The van der Waals surface area contributed by atoms with E-state index in [1.807, 2.05) is 11.8 Å². The molecule has 0 aliphatic carbocycles. The van der Waals surface area contributed by atoms with Crippen LogP contribution in [-0.4, -0.2) is 52.4 Å². The summed E-state index contributed by atoms with van der Waals surface area (Å²) in [5.74, 6) is -0.445. The van der Waals surface area contributed by atoms with E-state index >= 15 is 0 Å². The molecule has 0 saturated carbocycles. The standard InChI is InChI=1S/C15H18F2N2O2S/c16-15(17)3-6-19(7-4-15)14(20)11-1-5-18-13(9-11)21-12-2-8-22-10-12/h1,5,9,12H,2-4,6-8,10H2/t12-/m0/s1. The summed E-state index contributed by atoms with van der Waals surface area (Å²) in [5, 5.41) is 0. The second-order valence-corrected chi connectivity index (χ2v) is 6.78. The van der Waals surface area contributed by atoms with Crippen molar-refractivity contribution in [1.82, 2.24) is 9.88 Å². The number of nitrogens with zero attached hydrogens (tertiary/aromatic N) is 2. The molecule has 1 amide bonds. The molecule has 4 nitrogen and oxygen atoms in total. The van der Waals surface area contributed by atoms with Crippen molar-refractivity contribution >= 4 is 17.7 Å². The summed E-state index contributed by atoms with van der Waals surface area (Å²) < 4.78 is 32.1. The van der Waals surface area contributed by atoms with Crippen molar-refractivity contribution in [3.63, 3.8) is 0 Å². The smallest absolute Gasteiger partial charge is 0.254 e. The van der Waals surface area contributed by atoms with Crippen LogP contribution in [0.5, 0.6) is 5.88 Å². The summed E-state index contributed by atoms with van der Waals surface area (Å²) in [6, 6.07) is 3.21. The molecule has 2 saturated heterocycles. The van der Waals surface area contributed by atoms with Gasteiger partial charge in [0.1, 0.15) is 6.10 Å². The molecule has 7 heteroatoms. The van der Waals surface area contributed by atoms with Crippen molar-refractivity contribution in [3.05, 3.63) is 23.9 Å². The normalized spacial score (nSPS) is 24.3. The number of ether oxygens (including phenoxy) is 1. The van der Waals surface area contributed by atoms with Crippen molar-refractivity contribution in [2.24, 2.45) is 0 Å². The molecule has 2 fully saturated rings. The highest BCUT2D eigenvalue weighted by atomic mass is 32.2. The molecule has 22 heavy (non-hydrogen) atoms. The zero-order chi connectivity index (χ0) is 15.6. The monoisotopic (exact) mass is 328 g/mol. The summed E-state index contributed by atoms with van der Waals surface area (Å²) in [6.45, 7) is 0.174. The highest BCUT2D eigenvalue weighted by Crippen LogP contribution is 2.29. The van der Waals surface area contributed by atoms with Crippen LogP contribution in [0.3, 0.4) is 0 Å². The number of amides is 1. The average Bonchev–Trinajstić information content (AvgIpc) is 3.00. The van der Waals surface area contributed by atoms with Crippen molar-refractivity contribution < 1.29 is 18.3 Å². The Bertz CT molecular complexity index is 540. The number of hydrogen-bond donors (Lipinski definition) is 0. The zero-order valence-corrected chi connectivity index (χ0v) is 13.0. The first-order valence-corrected chi connectivity index (χ1v) is 8.56. The molecule has 0 N–H and O–H groups in total. The number of aromatic nitrogens is 1. The van der Waals surface area contributed by atoms with Crippen molar-refractivity contribution in [2.45, 2.75) is 31.3 Å². The van der Waals surface area contributed by atoms with E-state index in [0.29, 0.717) is 11.4 Å². The van der Waals surface area contributed by atoms with Crippen LogP contribution in [0.25, 0.3) is 0 Å². The van der Waals surface area contributed by atoms with E-state index in [9.17, 15) is 13.6 Å². The van der Waals surface area contributed by atoms with Gasteiger partial charge in [-0.3, -0.25) is 4.79 Å². The number of alkyl halides is 2. The Labute approximate surface area is 132 Å². The van der Waals surface area contributed by atoms with Gasteiger partial charge in [0.2, 0.25) is 5.88 Å². The van der Waals surface area contributed by atoms with E-state index in [1.165, 1.54) is 11.1 Å². The molecular weight excluding hydrogens is 310 g/mol. The number of likely N-dealkylation sites (tertiary alicyclic amines) is 1. The first-order valence-electron chi connectivity index (χ1n) is 7.41. The summed E-state index contributed by atoms with van der Waals surface area (Å²) >= 11 is 1.84. The molecule has 3 heterocycles.